The monoisotopic (exact) mass is 268 g/mol. The smallest absolute Gasteiger partial charge is 0.453 e. The highest BCUT2D eigenvalue weighted by Gasteiger charge is 2.56. The molecule has 2 nitrogen and oxygen atoms in total. The summed E-state index contributed by atoms with van der Waals surface area (Å²) in [6, 6.07) is 7.38. The van der Waals surface area contributed by atoms with Gasteiger partial charge in [0.25, 0.3) is 0 Å². The van der Waals surface area contributed by atoms with Crippen LogP contribution >= 0.6 is 0 Å². The molecule has 0 aromatic heterocycles. The molecule has 0 amide bonds. The van der Waals surface area contributed by atoms with E-state index in [1.165, 1.54) is 24.3 Å². The van der Waals surface area contributed by atoms with E-state index in [0.29, 0.717) is 0 Å². The van der Waals surface area contributed by atoms with Crippen LogP contribution in [-0.2, 0) is 4.74 Å². The molecular formula is C11H9F5O2. The minimum Gasteiger partial charge on any atom is -0.462 e. The molecule has 0 heterocycles. The van der Waals surface area contributed by atoms with E-state index in [1.54, 1.807) is 6.07 Å². The van der Waals surface area contributed by atoms with Gasteiger partial charge in [0.05, 0.1) is 18.6 Å². The predicted molar refractivity (Wildman–Crippen MR) is 52.3 cm³/mol. The molecule has 0 radical (unpaired) electrons. The summed E-state index contributed by atoms with van der Waals surface area (Å²) < 4.78 is 64.6. The van der Waals surface area contributed by atoms with E-state index in [1.807, 2.05) is 0 Å². The number of carbonyl (C=O) groups excluding carboxylic acids is 1. The Morgan fingerprint density at radius 3 is 2.11 bits per heavy atom. The molecule has 0 spiro atoms. The van der Waals surface area contributed by atoms with E-state index in [2.05, 4.69) is 4.74 Å². The third-order valence-electron chi connectivity index (χ3n) is 2.07. The standard InChI is InChI=1S/C11H9F5O2/c12-10(13,11(14,15)16)6-7-18-9(17)8-4-2-1-3-5-8/h1-5H,6-7H2. The molecule has 100 valence electrons. The van der Waals surface area contributed by atoms with Crippen LogP contribution in [0.5, 0.6) is 0 Å². The Morgan fingerprint density at radius 2 is 1.61 bits per heavy atom. The number of hydrogen-bond acceptors (Lipinski definition) is 2. The van der Waals surface area contributed by atoms with Crippen LogP contribution in [-0.4, -0.2) is 24.7 Å². The summed E-state index contributed by atoms with van der Waals surface area (Å²) in [4.78, 5) is 11.2. The van der Waals surface area contributed by atoms with E-state index in [4.69, 9.17) is 0 Å². The summed E-state index contributed by atoms with van der Waals surface area (Å²) in [5, 5.41) is 0. The van der Waals surface area contributed by atoms with Crippen LogP contribution in [0, 0.1) is 0 Å². The Labute approximate surface area is 99.4 Å². The van der Waals surface area contributed by atoms with Crippen molar-refractivity contribution in [3.8, 4) is 0 Å². The highest BCUT2D eigenvalue weighted by atomic mass is 19.4. The summed E-state index contributed by atoms with van der Waals surface area (Å²) in [7, 11) is 0. The molecule has 0 atom stereocenters. The molecule has 0 fully saturated rings. The van der Waals surface area contributed by atoms with Crippen molar-refractivity contribution in [1.29, 1.82) is 0 Å². The van der Waals surface area contributed by atoms with Gasteiger partial charge in [0, 0.05) is 0 Å². The van der Waals surface area contributed by atoms with Gasteiger partial charge in [0.1, 0.15) is 0 Å². The Balaban J connectivity index is 2.46. The second-order valence-corrected chi connectivity index (χ2v) is 3.45. The molecule has 0 N–H and O–H groups in total. The molecule has 1 aromatic carbocycles. The lowest BCUT2D eigenvalue weighted by Crippen LogP contribution is -2.37. The van der Waals surface area contributed by atoms with Crippen LogP contribution < -0.4 is 0 Å². The number of esters is 1. The maximum Gasteiger partial charge on any atom is 0.453 e. The maximum absolute atomic E-state index is 12.5. The SMILES string of the molecule is O=C(OCCC(F)(F)C(F)(F)F)c1ccccc1. The number of hydrogen-bond donors (Lipinski definition) is 0. The molecule has 18 heavy (non-hydrogen) atoms. The summed E-state index contributed by atoms with van der Waals surface area (Å²) >= 11 is 0. The normalized spacial score (nSPS) is 12.3. The van der Waals surface area contributed by atoms with Gasteiger partial charge in [-0.1, -0.05) is 18.2 Å². The van der Waals surface area contributed by atoms with Crippen molar-refractivity contribution in [3.63, 3.8) is 0 Å². The molecule has 0 aliphatic rings. The molecule has 1 aromatic rings. The minimum atomic E-state index is -5.63. The van der Waals surface area contributed by atoms with Crippen LogP contribution in [0.1, 0.15) is 16.8 Å². The molecule has 1 rings (SSSR count). The molecule has 0 aliphatic carbocycles. The van der Waals surface area contributed by atoms with Gasteiger partial charge in [0.2, 0.25) is 0 Å². The Bertz CT molecular complexity index is 400. The van der Waals surface area contributed by atoms with Gasteiger partial charge in [-0.3, -0.25) is 0 Å². The zero-order chi connectivity index (χ0) is 13.8. The van der Waals surface area contributed by atoms with Gasteiger partial charge in [-0.25, -0.2) is 4.79 Å². The highest BCUT2D eigenvalue weighted by molar-refractivity contribution is 5.89. The lowest BCUT2D eigenvalue weighted by molar-refractivity contribution is -0.286. The molecule has 7 heteroatoms. The van der Waals surface area contributed by atoms with Gasteiger partial charge in [-0.05, 0) is 12.1 Å². The van der Waals surface area contributed by atoms with Crippen molar-refractivity contribution in [2.24, 2.45) is 0 Å². The Hall–Kier alpha value is -1.66. The first-order valence-corrected chi connectivity index (χ1v) is 4.91. The number of halogens is 5. The van der Waals surface area contributed by atoms with Crippen molar-refractivity contribution < 1.29 is 31.5 Å². The fourth-order valence-corrected chi connectivity index (χ4v) is 1.07. The zero-order valence-corrected chi connectivity index (χ0v) is 9.01. The van der Waals surface area contributed by atoms with Gasteiger partial charge in [-0.2, -0.15) is 22.0 Å². The van der Waals surface area contributed by atoms with Crippen LogP contribution in [0.25, 0.3) is 0 Å². The van der Waals surface area contributed by atoms with E-state index < -0.39 is 31.1 Å². The second-order valence-electron chi connectivity index (χ2n) is 3.45. The van der Waals surface area contributed by atoms with Crippen LogP contribution in [0.3, 0.4) is 0 Å². The van der Waals surface area contributed by atoms with Crippen LogP contribution in [0.4, 0.5) is 22.0 Å². The maximum atomic E-state index is 12.5. The third-order valence-corrected chi connectivity index (χ3v) is 2.07. The van der Waals surface area contributed by atoms with Gasteiger partial charge in [0.15, 0.2) is 0 Å². The first-order valence-electron chi connectivity index (χ1n) is 4.91. The average Bonchev–Trinajstić information content (AvgIpc) is 2.28. The van der Waals surface area contributed by atoms with Gasteiger partial charge in [-0.15, -0.1) is 0 Å². The summed E-state index contributed by atoms with van der Waals surface area (Å²) in [5.74, 6) is -5.79. The fourth-order valence-electron chi connectivity index (χ4n) is 1.07. The molecule has 0 unspecified atom stereocenters. The number of benzene rings is 1. The van der Waals surface area contributed by atoms with Crippen molar-refractivity contribution in [2.45, 2.75) is 18.5 Å². The van der Waals surface area contributed by atoms with E-state index in [-0.39, 0.29) is 5.56 Å². The molecule has 0 bridgehead atoms. The Morgan fingerprint density at radius 1 is 1.06 bits per heavy atom. The number of rotatable bonds is 4. The zero-order valence-electron chi connectivity index (χ0n) is 9.01. The largest absolute Gasteiger partial charge is 0.462 e. The number of carbonyl (C=O) groups is 1. The lowest BCUT2D eigenvalue weighted by atomic mass is 10.2. The predicted octanol–water partition coefficient (Wildman–Crippen LogP) is 3.43. The minimum absolute atomic E-state index is 0.0906. The van der Waals surface area contributed by atoms with Crippen molar-refractivity contribution in [2.75, 3.05) is 6.61 Å². The van der Waals surface area contributed by atoms with Crippen molar-refractivity contribution in [1.82, 2.24) is 0 Å². The molecule has 0 aliphatic heterocycles. The van der Waals surface area contributed by atoms with Crippen LogP contribution in [0.2, 0.25) is 0 Å². The average molecular weight is 268 g/mol. The van der Waals surface area contributed by atoms with Gasteiger partial charge < -0.3 is 4.74 Å². The van der Waals surface area contributed by atoms with Crippen molar-refractivity contribution >= 4 is 5.97 Å². The van der Waals surface area contributed by atoms with Crippen molar-refractivity contribution in [3.05, 3.63) is 35.9 Å². The van der Waals surface area contributed by atoms with Gasteiger partial charge >= 0.3 is 18.1 Å². The molecule has 0 saturated carbocycles. The van der Waals surface area contributed by atoms with Crippen LogP contribution in [0.15, 0.2) is 30.3 Å². The quantitative estimate of drug-likeness (QED) is 0.617. The second kappa shape index (κ2) is 5.32. The first-order chi connectivity index (χ1) is 8.24. The summed E-state index contributed by atoms with van der Waals surface area (Å²) in [6.07, 6.45) is -7.22. The Kier molecular flexibility index (Phi) is 4.26. The number of ether oxygens (including phenoxy) is 1. The van der Waals surface area contributed by atoms with E-state index in [9.17, 15) is 26.7 Å². The molecular weight excluding hydrogens is 259 g/mol. The highest BCUT2D eigenvalue weighted by Crippen LogP contribution is 2.37. The molecule has 0 saturated heterocycles. The van der Waals surface area contributed by atoms with E-state index >= 15 is 0 Å². The number of alkyl halides is 5. The first kappa shape index (κ1) is 14.4. The van der Waals surface area contributed by atoms with E-state index in [0.717, 1.165) is 0 Å². The summed E-state index contributed by atoms with van der Waals surface area (Å²) in [6.45, 7) is -1.000. The summed E-state index contributed by atoms with van der Waals surface area (Å²) in [5.41, 5.74) is 0.0906. The topological polar surface area (TPSA) is 26.3 Å². The fraction of sp³-hybridized carbons (Fsp3) is 0.364. The third kappa shape index (κ3) is 3.68. The lowest BCUT2D eigenvalue weighted by Gasteiger charge is -2.19.